The first-order chi connectivity index (χ1) is 15.5. The van der Waals surface area contributed by atoms with Gasteiger partial charge in [-0.25, -0.2) is 0 Å². The van der Waals surface area contributed by atoms with Crippen molar-refractivity contribution in [2.75, 3.05) is 13.2 Å². The predicted octanol–water partition coefficient (Wildman–Crippen LogP) is 4.78. The van der Waals surface area contributed by atoms with E-state index in [1.54, 1.807) is 18.2 Å². The molecule has 7 nitrogen and oxygen atoms in total. The largest absolute Gasteiger partial charge is 0.486 e. The molecule has 0 unspecified atom stereocenters. The lowest BCUT2D eigenvalue weighted by molar-refractivity contribution is -0.384. The van der Waals surface area contributed by atoms with Gasteiger partial charge in [0.05, 0.1) is 11.0 Å². The lowest BCUT2D eigenvalue weighted by atomic mass is 10.0. The summed E-state index contributed by atoms with van der Waals surface area (Å²) in [5.41, 5.74) is 2.54. The van der Waals surface area contributed by atoms with Crippen molar-refractivity contribution in [2.24, 2.45) is 0 Å². The Morgan fingerprint density at radius 2 is 1.75 bits per heavy atom. The molecule has 0 aromatic heterocycles. The molecule has 3 aromatic carbocycles. The topological polar surface area (TPSA) is 90.7 Å². The molecule has 0 saturated heterocycles. The number of carbonyl (C=O) groups is 1. The molecule has 1 aliphatic rings. The average molecular weight is 430 g/mol. The monoisotopic (exact) mass is 430 g/mol. The van der Waals surface area contributed by atoms with E-state index in [4.69, 9.17) is 9.47 Å². The van der Waals surface area contributed by atoms with Gasteiger partial charge in [0.1, 0.15) is 13.2 Å². The SMILES string of the molecule is C[C@@H](NC(=O)/C(=C/c1cccc([N+](=O)[O-])c1)c1ccccc1)c1ccc2c(c1)OCCO2. The summed E-state index contributed by atoms with van der Waals surface area (Å²) in [7, 11) is 0. The molecular formula is C25H22N2O5. The first-order valence-corrected chi connectivity index (χ1v) is 10.2. The van der Waals surface area contributed by atoms with Crippen LogP contribution in [0.3, 0.4) is 0 Å². The smallest absolute Gasteiger partial charge is 0.270 e. The summed E-state index contributed by atoms with van der Waals surface area (Å²) >= 11 is 0. The molecule has 162 valence electrons. The second-order valence-corrected chi connectivity index (χ2v) is 7.37. The molecule has 4 rings (SSSR count). The van der Waals surface area contributed by atoms with Crippen LogP contribution in [0.2, 0.25) is 0 Å². The summed E-state index contributed by atoms with van der Waals surface area (Å²) in [4.78, 5) is 23.9. The number of benzene rings is 3. The Kier molecular flexibility index (Phi) is 6.17. The molecule has 0 bridgehead atoms. The van der Waals surface area contributed by atoms with Crippen LogP contribution in [0.25, 0.3) is 11.6 Å². The van der Waals surface area contributed by atoms with Gasteiger partial charge in [0.2, 0.25) is 0 Å². The molecule has 1 heterocycles. The number of nitrogens with one attached hydrogen (secondary N) is 1. The van der Waals surface area contributed by atoms with Crippen molar-refractivity contribution >= 4 is 23.2 Å². The molecule has 0 radical (unpaired) electrons. The van der Waals surface area contributed by atoms with E-state index in [0.29, 0.717) is 41.4 Å². The molecule has 0 aliphatic carbocycles. The van der Waals surface area contributed by atoms with Gasteiger partial charge in [-0.1, -0.05) is 48.5 Å². The van der Waals surface area contributed by atoms with E-state index in [9.17, 15) is 14.9 Å². The zero-order valence-electron chi connectivity index (χ0n) is 17.5. The fraction of sp³-hybridized carbons (Fsp3) is 0.160. The maximum atomic E-state index is 13.3. The Morgan fingerprint density at radius 3 is 2.50 bits per heavy atom. The van der Waals surface area contributed by atoms with Crippen molar-refractivity contribution < 1.29 is 19.2 Å². The van der Waals surface area contributed by atoms with Crippen LogP contribution in [0.1, 0.15) is 29.7 Å². The number of carbonyl (C=O) groups excluding carboxylic acids is 1. The second kappa shape index (κ2) is 9.34. The van der Waals surface area contributed by atoms with Crippen LogP contribution in [0, 0.1) is 10.1 Å². The van der Waals surface area contributed by atoms with Crippen LogP contribution < -0.4 is 14.8 Å². The van der Waals surface area contributed by atoms with Gasteiger partial charge in [-0.2, -0.15) is 0 Å². The third-order valence-electron chi connectivity index (χ3n) is 5.14. The number of nitro groups is 1. The Hall–Kier alpha value is -4.13. The van der Waals surface area contributed by atoms with Crippen LogP contribution in [0.4, 0.5) is 5.69 Å². The van der Waals surface area contributed by atoms with Crippen molar-refractivity contribution in [3.05, 3.63) is 99.6 Å². The zero-order chi connectivity index (χ0) is 22.5. The molecule has 1 N–H and O–H groups in total. The van der Waals surface area contributed by atoms with Gasteiger partial charge in [0.25, 0.3) is 11.6 Å². The highest BCUT2D eigenvalue weighted by Gasteiger charge is 2.19. The fourth-order valence-corrected chi connectivity index (χ4v) is 3.48. The quantitative estimate of drug-likeness (QED) is 0.263. The number of fused-ring (bicyclic) bond motifs is 1. The molecule has 0 fully saturated rings. The summed E-state index contributed by atoms with van der Waals surface area (Å²) in [6.45, 7) is 2.89. The summed E-state index contributed by atoms with van der Waals surface area (Å²) in [5.74, 6) is 1.06. The van der Waals surface area contributed by atoms with Crippen molar-refractivity contribution in [1.29, 1.82) is 0 Å². The standard InChI is InChI=1S/C25H22N2O5/c1-17(20-10-11-23-24(16-20)32-13-12-31-23)26-25(28)22(19-7-3-2-4-8-19)15-18-6-5-9-21(14-18)27(29)30/h2-11,14-17H,12-13H2,1H3,(H,26,28)/b22-15+/t17-/m1/s1. The Balaban J connectivity index is 1.62. The highest BCUT2D eigenvalue weighted by Crippen LogP contribution is 2.33. The van der Waals surface area contributed by atoms with Crippen LogP contribution in [0.5, 0.6) is 11.5 Å². The minimum absolute atomic E-state index is 0.0313. The van der Waals surface area contributed by atoms with Crippen molar-refractivity contribution in [3.8, 4) is 11.5 Å². The van der Waals surface area contributed by atoms with E-state index in [1.165, 1.54) is 12.1 Å². The number of rotatable bonds is 6. The molecule has 1 atom stereocenters. The van der Waals surface area contributed by atoms with Crippen molar-refractivity contribution in [2.45, 2.75) is 13.0 Å². The van der Waals surface area contributed by atoms with Crippen molar-refractivity contribution in [1.82, 2.24) is 5.32 Å². The van der Waals surface area contributed by atoms with E-state index < -0.39 is 4.92 Å². The maximum absolute atomic E-state index is 13.3. The first kappa shape index (κ1) is 21.1. The van der Waals surface area contributed by atoms with Crippen LogP contribution >= 0.6 is 0 Å². The third-order valence-corrected chi connectivity index (χ3v) is 5.14. The second-order valence-electron chi connectivity index (χ2n) is 7.37. The molecule has 7 heteroatoms. The fourth-order valence-electron chi connectivity index (χ4n) is 3.48. The number of nitrogens with zero attached hydrogens (tertiary/aromatic N) is 1. The molecule has 1 aliphatic heterocycles. The van der Waals surface area contributed by atoms with E-state index in [0.717, 1.165) is 5.56 Å². The van der Waals surface area contributed by atoms with Gasteiger partial charge in [0.15, 0.2) is 11.5 Å². The van der Waals surface area contributed by atoms with Gasteiger partial charge in [-0.3, -0.25) is 14.9 Å². The number of hydrogen-bond donors (Lipinski definition) is 1. The Bertz CT molecular complexity index is 1170. The summed E-state index contributed by atoms with van der Waals surface area (Å²) in [6, 6.07) is 20.7. The number of ether oxygens (including phenoxy) is 2. The summed E-state index contributed by atoms with van der Waals surface area (Å²) in [5, 5.41) is 14.2. The van der Waals surface area contributed by atoms with Gasteiger partial charge in [0, 0.05) is 17.7 Å². The lowest BCUT2D eigenvalue weighted by Gasteiger charge is -2.21. The lowest BCUT2D eigenvalue weighted by Crippen LogP contribution is -2.27. The maximum Gasteiger partial charge on any atom is 0.270 e. The molecule has 1 amide bonds. The van der Waals surface area contributed by atoms with Gasteiger partial charge < -0.3 is 14.8 Å². The number of hydrogen-bond acceptors (Lipinski definition) is 5. The predicted molar refractivity (Wildman–Crippen MR) is 121 cm³/mol. The van der Waals surface area contributed by atoms with Gasteiger partial charge in [-0.15, -0.1) is 0 Å². The zero-order valence-corrected chi connectivity index (χ0v) is 17.5. The van der Waals surface area contributed by atoms with E-state index >= 15 is 0 Å². The normalized spacial score (nSPS) is 13.8. The minimum Gasteiger partial charge on any atom is -0.486 e. The van der Waals surface area contributed by atoms with E-state index in [1.807, 2.05) is 55.5 Å². The van der Waals surface area contributed by atoms with Crippen molar-refractivity contribution in [3.63, 3.8) is 0 Å². The minimum atomic E-state index is -0.455. The van der Waals surface area contributed by atoms with Gasteiger partial charge >= 0.3 is 0 Å². The molecular weight excluding hydrogens is 408 g/mol. The highest BCUT2D eigenvalue weighted by atomic mass is 16.6. The summed E-state index contributed by atoms with van der Waals surface area (Å²) in [6.07, 6.45) is 1.66. The third kappa shape index (κ3) is 4.78. The number of nitro benzene ring substituents is 1. The molecule has 0 saturated carbocycles. The van der Waals surface area contributed by atoms with E-state index in [2.05, 4.69) is 5.32 Å². The Morgan fingerprint density at radius 1 is 1.00 bits per heavy atom. The van der Waals surface area contributed by atoms with Crippen LogP contribution in [-0.4, -0.2) is 24.0 Å². The summed E-state index contributed by atoms with van der Waals surface area (Å²) < 4.78 is 11.2. The molecule has 32 heavy (non-hydrogen) atoms. The average Bonchev–Trinajstić information content (AvgIpc) is 2.82. The highest BCUT2D eigenvalue weighted by molar-refractivity contribution is 6.24. The van der Waals surface area contributed by atoms with Crippen LogP contribution in [0.15, 0.2) is 72.8 Å². The van der Waals surface area contributed by atoms with Gasteiger partial charge in [-0.05, 0) is 41.8 Å². The Labute approximate surface area is 185 Å². The first-order valence-electron chi connectivity index (χ1n) is 10.2. The van der Waals surface area contributed by atoms with Crippen LogP contribution in [-0.2, 0) is 4.79 Å². The molecule has 0 spiro atoms. The molecule has 3 aromatic rings. The number of amides is 1. The number of non-ortho nitro benzene ring substituents is 1. The van der Waals surface area contributed by atoms with E-state index in [-0.39, 0.29) is 17.6 Å².